The maximum absolute atomic E-state index is 13.0. The van der Waals surface area contributed by atoms with E-state index < -0.39 is 12.0 Å². The largest absolute Gasteiger partial charge is 0.480 e. The fraction of sp³-hybridized carbons (Fsp3) is 0.562. The topological polar surface area (TPSA) is 72.6 Å². The molecule has 0 radical (unpaired) electrons. The van der Waals surface area contributed by atoms with Gasteiger partial charge in [-0.25, -0.2) is 4.39 Å². The lowest BCUT2D eigenvalue weighted by molar-refractivity contribution is -0.139. The van der Waals surface area contributed by atoms with E-state index in [1.54, 1.807) is 12.1 Å². The summed E-state index contributed by atoms with van der Waals surface area (Å²) in [5, 5.41) is 9.17. The Labute approximate surface area is 125 Å². The summed E-state index contributed by atoms with van der Waals surface area (Å²) < 4.78 is 18.3. The van der Waals surface area contributed by atoms with E-state index in [2.05, 4.69) is 0 Å². The maximum atomic E-state index is 13.0. The van der Waals surface area contributed by atoms with Gasteiger partial charge in [-0.05, 0) is 36.5 Å². The Morgan fingerprint density at radius 1 is 1.29 bits per heavy atom. The zero-order valence-electron chi connectivity index (χ0n) is 12.6. The standard InChI is InChI=1S/C14H18FNO3.C2H6/c15-11-3-1-9(2-4-11)12(13(16)14(17)18)10-5-7-19-8-6-10;1-2/h1-4,10,12-13H,5-8,16H2,(H,17,18);1-2H3. The molecule has 0 bridgehead atoms. The summed E-state index contributed by atoms with van der Waals surface area (Å²) in [5.41, 5.74) is 6.61. The third kappa shape index (κ3) is 4.79. The first-order valence-electron chi connectivity index (χ1n) is 7.41. The number of benzene rings is 1. The van der Waals surface area contributed by atoms with E-state index in [0.717, 1.165) is 18.4 Å². The Hall–Kier alpha value is -1.46. The summed E-state index contributed by atoms with van der Waals surface area (Å²) in [7, 11) is 0. The normalized spacial score (nSPS) is 18.3. The minimum Gasteiger partial charge on any atom is -0.480 e. The lowest BCUT2D eigenvalue weighted by Crippen LogP contribution is -2.41. The van der Waals surface area contributed by atoms with Gasteiger partial charge >= 0.3 is 5.97 Å². The molecule has 1 aromatic carbocycles. The molecule has 1 aliphatic rings. The summed E-state index contributed by atoms with van der Waals surface area (Å²) >= 11 is 0. The third-order valence-electron chi connectivity index (χ3n) is 3.70. The van der Waals surface area contributed by atoms with Crippen LogP contribution >= 0.6 is 0 Å². The fourth-order valence-corrected chi connectivity index (χ4v) is 2.69. The molecule has 21 heavy (non-hydrogen) atoms. The van der Waals surface area contributed by atoms with E-state index in [-0.39, 0.29) is 17.7 Å². The summed E-state index contributed by atoms with van der Waals surface area (Å²) in [5.74, 6) is -1.51. The molecule has 118 valence electrons. The van der Waals surface area contributed by atoms with E-state index in [1.165, 1.54) is 12.1 Å². The number of halogens is 1. The number of carboxylic acids is 1. The molecule has 1 aromatic rings. The molecule has 1 fully saturated rings. The number of nitrogens with two attached hydrogens (primary N) is 1. The van der Waals surface area contributed by atoms with Crippen LogP contribution < -0.4 is 5.73 Å². The van der Waals surface area contributed by atoms with Gasteiger partial charge in [0.1, 0.15) is 11.9 Å². The number of hydrogen-bond donors (Lipinski definition) is 2. The van der Waals surface area contributed by atoms with Crippen molar-refractivity contribution < 1.29 is 19.0 Å². The molecule has 1 aliphatic heterocycles. The van der Waals surface area contributed by atoms with Crippen LogP contribution in [0.4, 0.5) is 4.39 Å². The summed E-state index contributed by atoms with van der Waals surface area (Å²) in [6.45, 7) is 5.24. The molecule has 4 nitrogen and oxygen atoms in total. The molecule has 0 aromatic heterocycles. The first kappa shape index (κ1) is 17.6. The molecular weight excluding hydrogens is 273 g/mol. The van der Waals surface area contributed by atoms with Crippen LogP contribution in [0.1, 0.15) is 38.2 Å². The van der Waals surface area contributed by atoms with E-state index in [1.807, 2.05) is 13.8 Å². The van der Waals surface area contributed by atoms with Crippen LogP contribution in [0.25, 0.3) is 0 Å². The van der Waals surface area contributed by atoms with Crippen molar-refractivity contribution in [1.82, 2.24) is 0 Å². The highest BCUT2D eigenvalue weighted by molar-refractivity contribution is 5.74. The quantitative estimate of drug-likeness (QED) is 0.896. The molecule has 0 aliphatic carbocycles. The van der Waals surface area contributed by atoms with E-state index >= 15 is 0 Å². The van der Waals surface area contributed by atoms with Crippen molar-refractivity contribution in [2.75, 3.05) is 13.2 Å². The molecule has 0 saturated carbocycles. The van der Waals surface area contributed by atoms with Gasteiger partial charge in [-0.3, -0.25) is 4.79 Å². The van der Waals surface area contributed by atoms with E-state index in [4.69, 9.17) is 15.6 Å². The van der Waals surface area contributed by atoms with Gasteiger partial charge in [0, 0.05) is 19.1 Å². The van der Waals surface area contributed by atoms with Crippen LogP contribution in [0.15, 0.2) is 24.3 Å². The molecule has 0 spiro atoms. The van der Waals surface area contributed by atoms with Crippen molar-refractivity contribution in [3.8, 4) is 0 Å². The number of carbonyl (C=O) groups is 1. The summed E-state index contributed by atoms with van der Waals surface area (Å²) in [4.78, 5) is 11.2. The minimum atomic E-state index is -1.03. The van der Waals surface area contributed by atoms with Gasteiger partial charge < -0.3 is 15.6 Å². The zero-order chi connectivity index (χ0) is 15.8. The highest BCUT2D eigenvalue weighted by atomic mass is 19.1. The smallest absolute Gasteiger partial charge is 0.321 e. The first-order chi connectivity index (χ1) is 10.1. The van der Waals surface area contributed by atoms with Gasteiger partial charge in [-0.1, -0.05) is 26.0 Å². The van der Waals surface area contributed by atoms with Gasteiger partial charge in [-0.15, -0.1) is 0 Å². The summed E-state index contributed by atoms with van der Waals surface area (Å²) in [6.07, 6.45) is 1.56. The number of aliphatic carboxylic acids is 1. The second kappa shape index (κ2) is 8.74. The lowest BCUT2D eigenvalue weighted by Gasteiger charge is -2.32. The van der Waals surface area contributed by atoms with Crippen LogP contribution in [0.5, 0.6) is 0 Å². The predicted molar refractivity (Wildman–Crippen MR) is 79.6 cm³/mol. The molecule has 2 atom stereocenters. The summed E-state index contributed by atoms with van der Waals surface area (Å²) in [6, 6.07) is 4.96. The van der Waals surface area contributed by atoms with Crippen LogP contribution in [-0.4, -0.2) is 30.3 Å². The SMILES string of the molecule is CC.NC(C(=O)O)C(c1ccc(F)cc1)C1CCOCC1. The molecular formula is C16H24FNO3. The molecule has 1 saturated heterocycles. The second-order valence-electron chi connectivity index (χ2n) is 4.89. The van der Waals surface area contributed by atoms with E-state index in [9.17, 15) is 9.18 Å². The van der Waals surface area contributed by atoms with Crippen molar-refractivity contribution in [3.05, 3.63) is 35.6 Å². The predicted octanol–water partition coefficient (Wildman–Crippen LogP) is 2.77. The van der Waals surface area contributed by atoms with Crippen LogP contribution in [0, 0.1) is 11.7 Å². The highest BCUT2D eigenvalue weighted by Crippen LogP contribution is 2.34. The fourth-order valence-electron chi connectivity index (χ4n) is 2.69. The van der Waals surface area contributed by atoms with Crippen LogP contribution in [0.3, 0.4) is 0 Å². The molecule has 5 heteroatoms. The van der Waals surface area contributed by atoms with Crippen molar-refractivity contribution >= 4 is 5.97 Å². The lowest BCUT2D eigenvalue weighted by atomic mass is 9.77. The number of rotatable bonds is 4. The number of ether oxygens (including phenoxy) is 1. The van der Waals surface area contributed by atoms with Crippen LogP contribution in [0.2, 0.25) is 0 Å². The van der Waals surface area contributed by atoms with Gasteiger partial charge in [0.05, 0.1) is 0 Å². The van der Waals surface area contributed by atoms with Crippen molar-refractivity contribution in [2.24, 2.45) is 11.7 Å². The Bertz CT molecular complexity index is 430. The van der Waals surface area contributed by atoms with Crippen molar-refractivity contribution in [2.45, 2.75) is 38.6 Å². The van der Waals surface area contributed by atoms with Gasteiger partial charge in [0.25, 0.3) is 0 Å². The average Bonchev–Trinajstić information content (AvgIpc) is 2.52. The number of carboxylic acid groups (broad SMARTS) is 1. The monoisotopic (exact) mass is 297 g/mol. The first-order valence-corrected chi connectivity index (χ1v) is 7.41. The second-order valence-corrected chi connectivity index (χ2v) is 4.89. The minimum absolute atomic E-state index is 0.158. The van der Waals surface area contributed by atoms with Gasteiger partial charge in [0.15, 0.2) is 0 Å². The average molecular weight is 297 g/mol. The third-order valence-corrected chi connectivity index (χ3v) is 3.70. The Morgan fingerprint density at radius 2 is 1.81 bits per heavy atom. The molecule has 0 amide bonds. The van der Waals surface area contributed by atoms with Gasteiger partial charge in [0.2, 0.25) is 0 Å². The number of hydrogen-bond acceptors (Lipinski definition) is 3. The van der Waals surface area contributed by atoms with Gasteiger partial charge in [-0.2, -0.15) is 0 Å². The molecule has 3 N–H and O–H groups in total. The highest BCUT2D eigenvalue weighted by Gasteiger charge is 2.33. The Kier molecular flexibility index (Phi) is 7.32. The molecule has 2 rings (SSSR count). The Morgan fingerprint density at radius 3 is 2.29 bits per heavy atom. The van der Waals surface area contributed by atoms with E-state index in [0.29, 0.717) is 13.2 Å². The van der Waals surface area contributed by atoms with Crippen molar-refractivity contribution in [1.29, 1.82) is 0 Å². The maximum Gasteiger partial charge on any atom is 0.321 e. The Balaban J connectivity index is 0.00000106. The van der Waals surface area contributed by atoms with Crippen LogP contribution in [-0.2, 0) is 9.53 Å². The molecule has 2 unspecified atom stereocenters. The zero-order valence-corrected chi connectivity index (χ0v) is 12.6. The van der Waals surface area contributed by atoms with Crippen molar-refractivity contribution in [3.63, 3.8) is 0 Å². The molecule has 1 heterocycles.